The lowest BCUT2D eigenvalue weighted by Crippen LogP contribution is -2.36. The van der Waals surface area contributed by atoms with Crippen molar-refractivity contribution in [3.63, 3.8) is 0 Å². The Labute approximate surface area is 129 Å². The van der Waals surface area contributed by atoms with E-state index < -0.39 is 6.04 Å². The zero-order chi connectivity index (χ0) is 16.1. The molecule has 0 saturated carbocycles. The van der Waals surface area contributed by atoms with Gasteiger partial charge < -0.3 is 9.84 Å². The van der Waals surface area contributed by atoms with Gasteiger partial charge in [0.05, 0.1) is 12.2 Å². The standard InChI is InChI=1S/C16H20FN3O2/c1-4-13-9-14(22-19-13)10-18-16(21)15(20(2)3)11-5-7-12(17)8-6-11/h5-9,15H,4,10H2,1-3H3,(H,18,21)/t15-/m0/s1. The lowest BCUT2D eigenvalue weighted by atomic mass is 10.1. The fourth-order valence-corrected chi connectivity index (χ4v) is 2.21. The third-order valence-electron chi connectivity index (χ3n) is 3.36. The summed E-state index contributed by atoms with van der Waals surface area (Å²) in [6, 6.07) is 7.26. The zero-order valence-corrected chi connectivity index (χ0v) is 13.0. The van der Waals surface area contributed by atoms with Crippen molar-refractivity contribution in [2.45, 2.75) is 25.9 Å². The SMILES string of the molecule is CCc1cc(CNC(=O)[C@H](c2ccc(F)cc2)N(C)C)on1. The molecule has 22 heavy (non-hydrogen) atoms. The molecule has 118 valence electrons. The quantitative estimate of drug-likeness (QED) is 0.889. The molecule has 2 aromatic rings. The lowest BCUT2D eigenvalue weighted by molar-refractivity contribution is -0.126. The first-order valence-corrected chi connectivity index (χ1v) is 7.15. The second-order valence-electron chi connectivity index (χ2n) is 5.27. The molecule has 1 amide bonds. The average molecular weight is 305 g/mol. The van der Waals surface area contributed by atoms with Crippen LogP contribution in [-0.4, -0.2) is 30.1 Å². The van der Waals surface area contributed by atoms with Crippen molar-refractivity contribution in [2.75, 3.05) is 14.1 Å². The average Bonchev–Trinajstić information content (AvgIpc) is 2.95. The van der Waals surface area contributed by atoms with Crippen LogP contribution in [0.5, 0.6) is 0 Å². The summed E-state index contributed by atoms with van der Waals surface area (Å²) in [7, 11) is 3.61. The third-order valence-corrected chi connectivity index (χ3v) is 3.36. The van der Waals surface area contributed by atoms with Crippen molar-refractivity contribution in [1.29, 1.82) is 0 Å². The van der Waals surface area contributed by atoms with E-state index in [1.807, 2.05) is 13.0 Å². The molecule has 2 rings (SSSR count). The largest absolute Gasteiger partial charge is 0.359 e. The number of rotatable bonds is 6. The van der Waals surface area contributed by atoms with Crippen LogP contribution in [0.2, 0.25) is 0 Å². The molecule has 5 nitrogen and oxygen atoms in total. The molecule has 0 spiro atoms. The highest BCUT2D eigenvalue weighted by Crippen LogP contribution is 2.19. The molecule has 6 heteroatoms. The number of likely N-dealkylation sites (N-methyl/N-ethyl adjacent to an activating group) is 1. The van der Waals surface area contributed by atoms with Crippen LogP contribution in [0.1, 0.15) is 30.0 Å². The van der Waals surface area contributed by atoms with Crippen LogP contribution in [0.4, 0.5) is 4.39 Å². The Morgan fingerprint density at radius 1 is 1.36 bits per heavy atom. The Morgan fingerprint density at radius 3 is 2.59 bits per heavy atom. The molecule has 0 aliphatic heterocycles. The molecule has 0 fully saturated rings. The fourth-order valence-electron chi connectivity index (χ4n) is 2.21. The molecule has 1 heterocycles. The fraction of sp³-hybridized carbons (Fsp3) is 0.375. The Kier molecular flexibility index (Phi) is 5.27. The van der Waals surface area contributed by atoms with E-state index >= 15 is 0 Å². The summed E-state index contributed by atoms with van der Waals surface area (Å²) in [5.74, 6) is 0.114. The molecule has 0 aliphatic rings. The lowest BCUT2D eigenvalue weighted by Gasteiger charge is -2.23. The van der Waals surface area contributed by atoms with Gasteiger partial charge in [0.25, 0.3) is 0 Å². The zero-order valence-electron chi connectivity index (χ0n) is 13.0. The summed E-state index contributed by atoms with van der Waals surface area (Å²) < 4.78 is 18.2. The van der Waals surface area contributed by atoms with E-state index in [4.69, 9.17) is 4.52 Å². The topological polar surface area (TPSA) is 58.4 Å². The third kappa shape index (κ3) is 3.92. The highest BCUT2D eigenvalue weighted by atomic mass is 19.1. The first-order valence-electron chi connectivity index (χ1n) is 7.15. The number of nitrogens with one attached hydrogen (secondary N) is 1. The van der Waals surface area contributed by atoms with Crippen molar-refractivity contribution < 1.29 is 13.7 Å². The summed E-state index contributed by atoms with van der Waals surface area (Å²) in [6.45, 7) is 2.26. The first-order chi connectivity index (χ1) is 10.5. The molecule has 1 atom stereocenters. The smallest absolute Gasteiger partial charge is 0.242 e. The number of hydrogen-bond acceptors (Lipinski definition) is 4. The number of aryl methyl sites for hydroxylation is 1. The van der Waals surface area contributed by atoms with Gasteiger partial charge in [-0.05, 0) is 38.2 Å². The predicted octanol–water partition coefficient (Wildman–Crippen LogP) is 2.30. The number of carbonyl (C=O) groups excluding carboxylic acids is 1. The maximum atomic E-state index is 13.0. The van der Waals surface area contributed by atoms with Gasteiger partial charge in [-0.1, -0.05) is 24.2 Å². The minimum atomic E-state index is -0.492. The van der Waals surface area contributed by atoms with Crippen LogP contribution >= 0.6 is 0 Å². The van der Waals surface area contributed by atoms with Crippen LogP contribution in [0.25, 0.3) is 0 Å². The second-order valence-corrected chi connectivity index (χ2v) is 5.27. The van der Waals surface area contributed by atoms with Crippen molar-refractivity contribution in [3.05, 3.63) is 53.2 Å². The number of amides is 1. The van der Waals surface area contributed by atoms with Crippen molar-refractivity contribution in [2.24, 2.45) is 0 Å². The highest BCUT2D eigenvalue weighted by molar-refractivity contribution is 5.83. The van der Waals surface area contributed by atoms with Crippen LogP contribution in [0, 0.1) is 5.82 Å². The Hall–Kier alpha value is -2.21. The first kappa shape index (κ1) is 16.2. The van der Waals surface area contributed by atoms with Crippen LogP contribution in [0.15, 0.2) is 34.9 Å². The monoisotopic (exact) mass is 305 g/mol. The molecule has 1 aromatic heterocycles. The molecule has 0 unspecified atom stereocenters. The van der Waals surface area contributed by atoms with Gasteiger partial charge in [0.15, 0.2) is 5.76 Å². The second kappa shape index (κ2) is 7.17. The summed E-state index contributed by atoms with van der Waals surface area (Å²) in [6.07, 6.45) is 0.785. The highest BCUT2D eigenvalue weighted by Gasteiger charge is 2.23. The number of nitrogens with zero attached hydrogens (tertiary/aromatic N) is 2. The summed E-state index contributed by atoms with van der Waals surface area (Å²) >= 11 is 0. The van der Waals surface area contributed by atoms with Gasteiger partial charge >= 0.3 is 0 Å². The van der Waals surface area contributed by atoms with Gasteiger partial charge in [0.2, 0.25) is 5.91 Å². The summed E-state index contributed by atoms with van der Waals surface area (Å²) in [5, 5.41) is 6.70. The van der Waals surface area contributed by atoms with E-state index in [9.17, 15) is 9.18 Å². The summed E-state index contributed by atoms with van der Waals surface area (Å²) in [5.41, 5.74) is 1.59. The molecular formula is C16H20FN3O2. The molecule has 1 aromatic carbocycles. The Morgan fingerprint density at radius 2 is 2.05 bits per heavy atom. The Bertz CT molecular complexity index is 623. The molecular weight excluding hydrogens is 285 g/mol. The van der Waals surface area contributed by atoms with E-state index in [1.54, 1.807) is 31.1 Å². The van der Waals surface area contributed by atoms with Gasteiger partial charge in [-0.25, -0.2) is 4.39 Å². The van der Waals surface area contributed by atoms with Crippen molar-refractivity contribution in [1.82, 2.24) is 15.4 Å². The Balaban J connectivity index is 2.05. The number of halogens is 1. The normalized spacial score (nSPS) is 12.4. The van der Waals surface area contributed by atoms with E-state index in [1.165, 1.54) is 12.1 Å². The van der Waals surface area contributed by atoms with E-state index in [-0.39, 0.29) is 18.3 Å². The van der Waals surface area contributed by atoms with Crippen LogP contribution in [-0.2, 0) is 17.8 Å². The van der Waals surface area contributed by atoms with Gasteiger partial charge in [0, 0.05) is 6.07 Å². The van der Waals surface area contributed by atoms with Gasteiger partial charge in [-0.3, -0.25) is 9.69 Å². The van der Waals surface area contributed by atoms with Gasteiger partial charge in [-0.15, -0.1) is 0 Å². The van der Waals surface area contributed by atoms with E-state index in [2.05, 4.69) is 10.5 Å². The minimum Gasteiger partial charge on any atom is -0.359 e. The molecule has 0 aliphatic carbocycles. The van der Waals surface area contributed by atoms with Crippen molar-refractivity contribution >= 4 is 5.91 Å². The number of hydrogen-bond donors (Lipinski definition) is 1. The van der Waals surface area contributed by atoms with Crippen molar-refractivity contribution in [3.8, 4) is 0 Å². The van der Waals surface area contributed by atoms with Crippen LogP contribution in [0.3, 0.4) is 0 Å². The molecule has 0 radical (unpaired) electrons. The van der Waals surface area contributed by atoms with Crippen LogP contribution < -0.4 is 5.32 Å². The maximum absolute atomic E-state index is 13.0. The molecule has 1 N–H and O–H groups in total. The predicted molar refractivity (Wildman–Crippen MR) is 80.6 cm³/mol. The molecule has 0 saturated heterocycles. The summed E-state index contributed by atoms with van der Waals surface area (Å²) in [4.78, 5) is 14.2. The number of benzene rings is 1. The van der Waals surface area contributed by atoms with Gasteiger partial charge in [0.1, 0.15) is 11.9 Å². The number of aromatic nitrogens is 1. The molecule has 0 bridgehead atoms. The van der Waals surface area contributed by atoms with Gasteiger partial charge in [-0.2, -0.15) is 0 Å². The van der Waals surface area contributed by atoms with E-state index in [0.29, 0.717) is 5.76 Å². The van der Waals surface area contributed by atoms with E-state index in [0.717, 1.165) is 17.7 Å². The maximum Gasteiger partial charge on any atom is 0.242 e. The minimum absolute atomic E-state index is 0.175. The number of carbonyl (C=O) groups is 1.